The van der Waals surface area contributed by atoms with Crippen molar-refractivity contribution < 1.29 is 9.59 Å². The highest BCUT2D eigenvalue weighted by atomic mass is 16.2. The van der Waals surface area contributed by atoms with Gasteiger partial charge >= 0.3 is 6.03 Å². The summed E-state index contributed by atoms with van der Waals surface area (Å²) in [4.78, 5) is 25.3. The number of anilines is 1. The second kappa shape index (κ2) is 5.94. The maximum Gasteiger partial charge on any atom is 0.328 e. The van der Waals surface area contributed by atoms with Gasteiger partial charge in [0.05, 0.1) is 11.2 Å². The van der Waals surface area contributed by atoms with Crippen molar-refractivity contribution >= 4 is 28.5 Å². The first-order valence-electron chi connectivity index (χ1n) is 8.58. The van der Waals surface area contributed by atoms with Crippen molar-refractivity contribution in [1.29, 1.82) is 0 Å². The fourth-order valence-electron chi connectivity index (χ4n) is 3.95. The molecule has 0 radical (unpaired) electrons. The van der Waals surface area contributed by atoms with Crippen LogP contribution in [-0.4, -0.2) is 36.1 Å². The van der Waals surface area contributed by atoms with Crippen molar-refractivity contribution in [1.82, 2.24) is 15.2 Å². The molecule has 0 aliphatic carbocycles. The van der Waals surface area contributed by atoms with Crippen LogP contribution in [0.4, 0.5) is 10.5 Å². The molecule has 3 amide bonds. The number of aryl methyl sites for hydroxylation is 1. The van der Waals surface area contributed by atoms with Crippen LogP contribution in [-0.2, 0) is 4.79 Å². The summed E-state index contributed by atoms with van der Waals surface area (Å²) in [5, 5.41) is 6.90. The third-order valence-corrected chi connectivity index (χ3v) is 5.07. The molecule has 6 heteroatoms. The standard InChI is InChI=1S/C18H22N4O2/c1-12-11-14-15(21-10-7-17(23)20-18(21)24)3-2-4-16(14)22(12)13-5-8-19-9-6-13/h2-4,11,13,19H,5-10H2,1H3,(H,20,23,24). The molecule has 2 aromatic rings. The topological polar surface area (TPSA) is 66.4 Å². The number of carbonyl (C=O) groups excluding carboxylic acids is 2. The number of aromatic nitrogens is 1. The highest BCUT2D eigenvalue weighted by molar-refractivity contribution is 6.09. The molecular weight excluding hydrogens is 304 g/mol. The molecule has 6 nitrogen and oxygen atoms in total. The van der Waals surface area contributed by atoms with Crippen LogP contribution in [0.2, 0.25) is 0 Å². The number of hydrogen-bond donors (Lipinski definition) is 2. The molecule has 1 aromatic heterocycles. The highest BCUT2D eigenvalue weighted by Gasteiger charge is 2.27. The molecule has 2 aliphatic rings. The maximum absolute atomic E-state index is 12.2. The van der Waals surface area contributed by atoms with E-state index >= 15 is 0 Å². The summed E-state index contributed by atoms with van der Waals surface area (Å²) < 4.78 is 2.41. The number of imide groups is 1. The van der Waals surface area contributed by atoms with Gasteiger partial charge < -0.3 is 9.88 Å². The molecule has 0 saturated carbocycles. The van der Waals surface area contributed by atoms with Crippen molar-refractivity contribution in [3.63, 3.8) is 0 Å². The first-order valence-corrected chi connectivity index (χ1v) is 8.58. The van der Waals surface area contributed by atoms with Crippen LogP contribution in [0.5, 0.6) is 0 Å². The zero-order valence-electron chi connectivity index (χ0n) is 13.8. The van der Waals surface area contributed by atoms with Gasteiger partial charge in [-0.3, -0.25) is 15.0 Å². The van der Waals surface area contributed by atoms with E-state index in [2.05, 4.69) is 34.3 Å². The SMILES string of the molecule is Cc1cc2c(N3CCC(=O)NC3=O)cccc2n1C1CCNCC1. The third kappa shape index (κ3) is 2.47. The van der Waals surface area contributed by atoms with Crippen LogP contribution in [0.1, 0.15) is 31.0 Å². The van der Waals surface area contributed by atoms with E-state index in [0.29, 0.717) is 19.0 Å². The Balaban J connectivity index is 1.78. The van der Waals surface area contributed by atoms with Gasteiger partial charge in [-0.25, -0.2) is 4.79 Å². The molecule has 126 valence electrons. The normalized spacial score (nSPS) is 19.8. The Kier molecular flexibility index (Phi) is 3.76. The average Bonchev–Trinajstić information content (AvgIpc) is 2.92. The smallest absolute Gasteiger partial charge is 0.328 e. The molecule has 1 aromatic carbocycles. The van der Waals surface area contributed by atoms with E-state index in [9.17, 15) is 9.59 Å². The lowest BCUT2D eigenvalue weighted by Crippen LogP contribution is -2.49. The largest absolute Gasteiger partial charge is 0.342 e. The minimum atomic E-state index is -0.328. The molecule has 0 spiro atoms. The molecule has 3 heterocycles. The quantitative estimate of drug-likeness (QED) is 0.890. The Labute approximate surface area is 140 Å². The van der Waals surface area contributed by atoms with Crippen LogP contribution < -0.4 is 15.5 Å². The predicted molar refractivity (Wildman–Crippen MR) is 93.3 cm³/mol. The molecule has 4 rings (SSSR count). The van der Waals surface area contributed by atoms with Crippen LogP contribution in [0, 0.1) is 6.92 Å². The minimum absolute atomic E-state index is 0.202. The van der Waals surface area contributed by atoms with E-state index < -0.39 is 0 Å². The van der Waals surface area contributed by atoms with Gasteiger partial charge in [0.25, 0.3) is 0 Å². The van der Waals surface area contributed by atoms with Gasteiger partial charge in [0, 0.05) is 30.1 Å². The summed E-state index contributed by atoms with van der Waals surface area (Å²) in [5.74, 6) is -0.202. The van der Waals surface area contributed by atoms with Crippen molar-refractivity contribution in [2.24, 2.45) is 0 Å². The molecule has 0 bridgehead atoms. The lowest BCUT2D eigenvalue weighted by atomic mass is 10.1. The fraction of sp³-hybridized carbons (Fsp3) is 0.444. The monoisotopic (exact) mass is 326 g/mol. The number of urea groups is 1. The van der Waals surface area contributed by atoms with Gasteiger partial charge in [-0.15, -0.1) is 0 Å². The Morgan fingerprint density at radius 2 is 1.96 bits per heavy atom. The van der Waals surface area contributed by atoms with Gasteiger partial charge in [0.15, 0.2) is 0 Å². The number of fused-ring (bicyclic) bond motifs is 1. The minimum Gasteiger partial charge on any atom is -0.342 e. The van der Waals surface area contributed by atoms with E-state index in [4.69, 9.17) is 0 Å². The Hall–Kier alpha value is -2.34. The van der Waals surface area contributed by atoms with Gasteiger partial charge in [-0.1, -0.05) is 6.07 Å². The average molecular weight is 326 g/mol. The molecule has 0 atom stereocenters. The van der Waals surface area contributed by atoms with E-state index in [0.717, 1.165) is 37.0 Å². The van der Waals surface area contributed by atoms with Crippen LogP contribution in [0.3, 0.4) is 0 Å². The second-order valence-electron chi connectivity index (χ2n) is 6.60. The number of carbonyl (C=O) groups is 2. The number of nitrogens with zero attached hydrogens (tertiary/aromatic N) is 2. The lowest BCUT2D eigenvalue weighted by Gasteiger charge is -2.28. The fourth-order valence-corrected chi connectivity index (χ4v) is 3.95. The van der Waals surface area contributed by atoms with E-state index in [1.54, 1.807) is 4.90 Å². The summed E-state index contributed by atoms with van der Waals surface area (Å²) >= 11 is 0. The summed E-state index contributed by atoms with van der Waals surface area (Å²) in [6.45, 7) is 4.65. The summed E-state index contributed by atoms with van der Waals surface area (Å²) in [6.07, 6.45) is 2.58. The van der Waals surface area contributed by atoms with Gasteiger partial charge in [-0.2, -0.15) is 0 Å². The number of piperidine rings is 1. The molecule has 0 unspecified atom stereocenters. The highest BCUT2D eigenvalue weighted by Crippen LogP contribution is 2.34. The predicted octanol–water partition coefficient (Wildman–Crippen LogP) is 2.32. The Bertz CT molecular complexity index is 805. The Morgan fingerprint density at radius 1 is 1.17 bits per heavy atom. The summed E-state index contributed by atoms with van der Waals surface area (Å²) in [6, 6.07) is 8.42. The second-order valence-corrected chi connectivity index (χ2v) is 6.60. The lowest BCUT2D eigenvalue weighted by molar-refractivity contribution is -0.120. The third-order valence-electron chi connectivity index (χ3n) is 5.07. The first kappa shape index (κ1) is 15.2. The molecule has 2 N–H and O–H groups in total. The summed E-state index contributed by atoms with van der Waals surface area (Å²) in [5.41, 5.74) is 3.27. The van der Waals surface area contributed by atoms with Gasteiger partial charge in [0.2, 0.25) is 5.91 Å². The Morgan fingerprint density at radius 3 is 2.71 bits per heavy atom. The van der Waals surface area contributed by atoms with Crippen molar-refractivity contribution in [3.05, 3.63) is 30.0 Å². The van der Waals surface area contributed by atoms with Crippen molar-refractivity contribution in [2.75, 3.05) is 24.5 Å². The summed E-state index contributed by atoms with van der Waals surface area (Å²) in [7, 11) is 0. The number of amides is 3. The zero-order valence-corrected chi connectivity index (χ0v) is 13.8. The van der Waals surface area contributed by atoms with E-state index in [1.807, 2.05) is 12.1 Å². The van der Waals surface area contributed by atoms with Crippen LogP contribution >= 0.6 is 0 Å². The van der Waals surface area contributed by atoms with Crippen LogP contribution in [0.15, 0.2) is 24.3 Å². The van der Waals surface area contributed by atoms with Crippen molar-refractivity contribution in [2.45, 2.75) is 32.2 Å². The molecular formula is C18H22N4O2. The van der Waals surface area contributed by atoms with Crippen LogP contribution in [0.25, 0.3) is 10.9 Å². The number of hydrogen-bond acceptors (Lipinski definition) is 3. The maximum atomic E-state index is 12.2. The van der Waals surface area contributed by atoms with Crippen molar-refractivity contribution in [3.8, 4) is 0 Å². The zero-order chi connectivity index (χ0) is 16.7. The van der Waals surface area contributed by atoms with E-state index in [1.165, 1.54) is 11.2 Å². The molecule has 2 aliphatic heterocycles. The molecule has 24 heavy (non-hydrogen) atoms. The number of benzene rings is 1. The molecule has 2 saturated heterocycles. The number of nitrogens with one attached hydrogen (secondary N) is 2. The number of rotatable bonds is 2. The first-order chi connectivity index (χ1) is 11.6. The van der Waals surface area contributed by atoms with Gasteiger partial charge in [0.1, 0.15) is 0 Å². The van der Waals surface area contributed by atoms with E-state index in [-0.39, 0.29) is 11.9 Å². The molecule has 2 fully saturated rings. The van der Waals surface area contributed by atoms with Gasteiger partial charge in [-0.05, 0) is 51.1 Å².